The Labute approximate surface area is 170 Å². The van der Waals surface area contributed by atoms with E-state index in [-0.39, 0.29) is 23.7 Å². The molecule has 5 nitrogen and oxygen atoms in total. The fourth-order valence-electron chi connectivity index (χ4n) is 4.16. The predicted molar refractivity (Wildman–Crippen MR) is 110 cm³/mol. The number of benzene rings is 2. The van der Waals surface area contributed by atoms with Gasteiger partial charge in [-0.25, -0.2) is 4.39 Å². The molecule has 0 spiro atoms. The summed E-state index contributed by atoms with van der Waals surface area (Å²) in [6.07, 6.45) is 3.16. The Bertz CT molecular complexity index is 876. The molecule has 2 heterocycles. The third-order valence-electron chi connectivity index (χ3n) is 5.86. The van der Waals surface area contributed by atoms with E-state index in [9.17, 15) is 14.0 Å². The maximum absolute atomic E-state index is 13.0. The normalized spacial score (nSPS) is 17.2. The van der Waals surface area contributed by atoms with Crippen molar-refractivity contribution in [3.63, 3.8) is 0 Å². The Morgan fingerprint density at radius 3 is 2.48 bits per heavy atom. The number of para-hydroxylation sites is 1. The third kappa shape index (κ3) is 4.65. The Morgan fingerprint density at radius 2 is 1.72 bits per heavy atom. The number of amides is 2. The smallest absolute Gasteiger partial charge is 0.251 e. The van der Waals surface area contributed by atoms with Crippen LogP contribution < -0.4 is 10.2 Å². The molecular formula is C23H26FN3O2. The predicted octanol–water partition coefficient (Wildman–Crippen LogP) is 3.00. The van der Waals surface area contributed by atoms with Gasteiger partial charge >= 0.3 is 0 Å². The molecule has 0 aliphatic carbocycles. The minimum absolute atomic E-state index is 0.116. The van der Waals surface area contributed by atoms with E-state index in [0.29, 0.717) is 12.0 Å². The summed E-state index contributed by atoms with van der Waals surface area (Å²) in [5.74, 6) is -0.324. The Hall–Kier alpha value is -2.73. The van der Waals surface area contributed by atoms with Crippen molar-refractivity contribution < 1.29 is 14.0 Å². The lowest BCUT2D eigenvalue weighted by molar-refractivity contribution is -0.118. The summed E-state index contributed by atoms with van der Waals surface area (Å²) in [5.41, 5.74) is 2.78. The van der Waals surface area contributed by atoms with Crippen molar-refractivity contribution in [2.75, 3.05) is 31.1 Å². The molecule has 0 saturated carbocycles. The molecule has 0 aromatic heterocycles. The number of hydrogen-bond donors (Lipinski definition) is 1. The van der Waals surface area contributed by atoms with Gasteiger partial charge in [0.1, 0.15) is 5.82 Å². The topological polar surface area (TPSA) is 52.7 Å². The fraction of sp³-hybridized carbons (Fsp3) is 0.391. The van der Waals surface area contributed by atoms with Gasteiger partial charge in [-0.1, -0.05) is 18.2 Å². The zero-order chi connectivity index (χ0) is 20.2. The highest BCUT2D eigenvalue weighted by Crippen LogP contribution is 2.28. The standard InChI is InChI=1S/C23H26FN3O2/c24-19-7-5-18(6-8-19)23(29)25-20-10-13-26(14-11-20)15-12-22(28)27-16-9-17-3-1-2-4-21(17)27/h1-8,20H,9-16H2,(H,25,29). The quantitative estimate of drug-likeness (QED) is 0.847. The van der Waals surface area contributed by atoms with Crippen LogP contribution in [0.1, 0.15) is 35.2 Å². The van der Waals surface area contributed by atoms with E-state index >= 15 is 0 Å². The van der Waals surface area contributed by atoms with Gasteiger partial charge < -0.3 is 15.1 Å². The van der Waals surface area contributed by atoms with E-state index in [1.165, 1.54) is 29.8 Å². The number of rotatable bonds is 5. The van der Waals surface area contributed by atoms with Crippen LogP contribution in [0, 0.1) is 5.82 Å². The van der Waals surface area contributed by atoms with E-state index < -0.39 is 0 Å². The Morgan fingerprint density at radius 1 is 1.00 bits per heavy atom. The summed E-state index contributed by atoms with van der Waals surface area (Å²) in [6, 6.07) is 13.8. The molecule has 29 heavy (non-hydrogen) atoms. The summed E-state index contributed by atoms with van der Waals surface area (Å²) < 4.78 is 13.0. The molecule has 152 valence electrons. The highest BCUT2D eigenvalue weighted by Gasteiger charge is 2.26. The first-order valence-corrected chi connectivity index (χ1v) is 10.3. The second-order valence-corrected chi connectivity index (χ2v) is 7.77. The lowest BCUT2D eigenvalue weighted by Gasteiger charge is -2.32. The number of anilines is 1. The van der Waals surface area contributed by atoms with E-state index in [4.69, 9.17) is 0 Å². The number of carbonyl (C=O) groups excluding carboxylic acids is 2. The molecule has 4 rings (SSSR count). The van der Waals surface area contributed by atoms with Gasteiger partial charge in [0.05, 0.1) is 0 Å². The van der Waals surface area contributed by atoms with Crippen molar-refractivity contribution in [1.29, 1.82) is 0 Å². The van der Waals surface area contributed by atoms with Gasteiger partial charge in [-0.05, 0) is 55.2 Å². The summed E-state index contributed by atoms with van der Waals surface area (Å²) >= 11 is 0. The van der Waals surface area contributed by atoms with Crippen molar-refractivity contribution >= 4 is 17.5 Å². The summed E-state index contributed by atoms with van der Waals surface area (Å²) in [6.45, 7) is 3.24. The van der Waals surface area contributed by atoms with Gasteiger partial charge in [-0.2, -0.15) is 0 Å². The van der Waals surface area contributed by atoms with Gasteiger partial charge in [0.2, 0.25) is 5.91 Å². The minimum atomic E-state index is -0.346. The molecule has 2 aliphatic rings. The summed E-state index contributed by atoms with van der Waals surface area (Å²) in [5, 5.41) is 3.03. The molecule has 0 bridgehead atoms. The molecule has 2 aromatic carbocycles. The summed E-state index contributed by atoms with van der Waals surface area (Å²) in [4.78, 5) is 29.1. The second kappa shape index (κ2) is 8.74. The van der Waals surface area contributed by atoms with E-state index in [2.05, 4.69) is 16.3 Å². The van der Waals surface area contributed by atoms with Crippen LogP contribution in [-0.4, -0.2) is 48.9 Å². The highest BCUT2D eigenvalue weighted by molar-refractivity contribution is 5.95. The van der Waals surface area contributed by atoms with Crippen molar-refractivity contribution in [2.45, 2.75) is 31.7 Å². The van der Waals surface area contributed by atoms with E-state index in [0.717, 1.165) is 51.1 Å². The van der Waals surface area contributed by atoms with Crippen molar-refractivity contribution in [3.05, 3.63) is 65.5 Å². The van der Waals surface area contributed by atoms with Crippen LogP contribution in [-0.2, 0) is 11.2 Å². The average molecular weight is 395 g/mol. The first-order valence-electron chi connectivity index (χ1n) is 10.3. The molecule has 2 aliphatic heterocycles. The lowest BCUT2D eigenvalue weighted by Crippen LogP contribution is -2.45. The van der Waals surface area contributed by atoms with Gasteiger partial charge in [0.15, 0.2) is 0 Å². The number of piperidine rings is 1. The van der Waals surface area contributed by atoms with Crippen LogP contribution in [0.3, 0.4) is 0 Å². The first-order chi connectivity index (χ1) is 14.1. The number of nitrogens with one attached hydrogen (secondary N) is 1. The molecule has 0 atom stereocenters. The number of likely N-dealkylation sites (tertiary alicyclic amines) is 1. The Balaban J connectivity index is 1.21. The second-order valence-electron chi connectivity index (χ2n) is 7.77. The molecule has 6 heteroatoms. The molecule has 0 unspecified atom stereocenters. The minimum Gasteiger partial charge on any atom is -0.349 e. The van der Waals surface area contributed by atoms with Crippen molar-refractivity contribution in [1.82, 2.24) is 10.2 Å². The van der Waals surface area contributed by atoms with Crippen LogP contribution in [0.5, 0.6) is 0 Å². The van der Waals surface area contributed by atoms with Crippen molar-refractivity contribution in [3.8, 4) is 0 Å². The van der Waals surface area contributed by atoms with Crippen LogP contribution in [0.2, 0.25) is 0 Å². The van der Waals surface area contributed by atoms with Crippen LogP contribution in [0.25, 0.3) is 0 Å². The van der Waals surface area contributed by atoms with Crippen LogP contribution in [0.15, 0.2) is 48.5 Å². The molecule has 2 aromatic rings. The number of hydrogen-bond acceptors (Lipinski definition) is 3. The average Bonchev–Trinajstić information content (AvgIpc) is 3.18. The van der Waals surface area contributed by atoms with Gasteiger partial charge in [0, 0.05) is 49.9 Å². The van der Waals surface area contributed by atoms with Crippen LogP contribution in [0.4, 0.5) is 10.1 Å². The van der Waals surface area contributed by atoms with Gasteiger partial charge in [-0.3, -0.25) is 9.59 Å². The maximum Gasteiger partial charge on any atom is 0.251 e. The molecule has 1 N–H and O–H groups in total. The zero-order valence-electron chi connectivity index (χ0n) is 16.4. The summed E-state index contributed by atoms with van der Waals surface area (Å²) in [7, 11) is 0. The molecular weight excluding hydrogens is 369 g/mol. The number of carbonyl (C=O) groups is 2. The number of fused-ring (bicyclic) bond motifs is 1. The van der Waals surface area contributed by atoms with Crippen LogP contribution >= 0.6 is 0 Å². The lowest BCUT2D eigenvalue weighted by atomic mass is 10.0. The first kappa shape index (κ1) is 19.6. The van der Waals surface area contributed by atoms with E-state index in [1.807, 2.05) is 23.1 Å². The maximum atomic E-state index is 13.0. The molecule has 1 fully saturated rings. The molecule has 1 saturated heterocycles. The third-order valence-corrected chi connectivity index (χ3v) is 5.86. The fourth-order valence-corrected chi connectivity index (χ4v) is 4.16. The van der Waals surface area contributed by atoms with Crippen molar-refractivity contribution in [2.24, 2.45) is 0 Å². The molecule has 0 radical (unpaired) electrons. The number of halogens is 1. The SMILES string of the molecule is O=C(NC1CCN(CCC(=O)N2CCc3ccccc32)CC1)c1ccc(F)cc1. The molecule has 2 amide bonds. The monoisotopic (exact) mass is 395 g/mol. The van der Waals surface area contributed by atoms with Gasteiger partial charge in [0.25, 0.3) is 5.91 Å². The Kier molecular flexibility index (Phi) is 5.90. The largest absolute Gasteiger partial charge is 0.349 e. The van der Waals surface area contributed by atoms with E-state index in [1.54, 1.807) is 0 Å². The zero-order valence-corrected chi connectivity index (χ0v) is 16.4. The highest BCUT2D eigenvalue weighted by atomic mass is 19.1. The van der Waals surface area contributed by atoms with Gasteiger partial charge in [-0.15, -0.1) is 0 Å². The number of nitrogens with zero attached hydrogens (tertiary/aromatic N) is 2.